The van der Waals surface area contributed by atoms with Gasteiger partial charge >= 0.3 is 0 Å². The quantitative estimate of drug-likeness (QED) is 0.813. The second-order valence-electron chi connectivity index (χ2n) is 6.59. The molecule has 0 heterocycles. The number of sulfonamides is 1. The fraction of sp³-hybridized carbons (Fsp3) is 0.625. The molecule has 4 nitrogen and oxygen atoms in total. The first-order chi connectivity index (χ1) is 9.66. The molecule has 0 aliphatic heterocycles. The van der Waals surface area contributed by atoms with Gasteiger partial charge in [-0.3, -0.25) is 0 Å². The maximum absolute atomic E-state index is 12.2. The topological polar surface area (TPSA) is 66.4 Å². The fourth-order valence-electron chi connectivity index (χ4n) is 1.74. The molecule has 0 aromatic heterocycles. The Bertz CT molecular complexity index is 530. The van der Waals surface area contributed by atoms with E-state index in [1.54, 1.807) is 24.3 Å². The largest absolute Gasteiger partial charge is 0.396 e. The monoisotopic (exact) mass is 313 g/mol. The smallest absolute Gasteiger partial charge is 0.240 e. The number of hydrogen-bond donors (Lipinski definition) is 2. The average molecular weight is 313 g/mol. The van der Waals surface area contributed by atoms with Gasteiger partial charge in [0.1, 0.15) is 0 Å². The average Bonchev–Trinajstić information content (AvgIpc) is 2.42. The van der Waals surface area contributed by atoms with E-state index < -0.39 is 10.0 Å². The summed E-state index contributed by atoms with van der Waals surface area (Å²) in [5, 5.41) is 8.79. The van der Waals surface area contributed by atoms with Crippen LogP contribution in [-0.4, -0.2) is 26.7 Å². The maximum Gasteiger partial charge on any atom is 0.240 e. The van der Waals surface area contributed by atoms with Crippen molar-refractivity contribution in [2.24, 2.45) is 11.3 Å². The summed E-state index contributed by atoms with van der Waals surface area (Å²) in [4.78, 5) is 0.288. The molecule has 1 unspecified atom stereocenters. The van der Waals surface area contributed by atoms with Crippen LogP contribution >= 0.6 is 0 Å². The SMILES string of the molecule is CC(CNS(=O)(=O)c1ccc(CCCO)cc1)C(C)(C)C. The predicted octanol–water partition coefficient (Wildman–Crippen LogP) is 2.57. The van der Waals surface area contributed by atoms with Gasteiger partial charge in [-0.25, -0.2) is 13.1 Å². The highest BCUT2D eigenvalue weighted by Crippen LogP contribution is 2.25. The van der Waals surface area contributed by atoms with Gasteiger partial charge in [0.15, 0.2) is 0 Å². The van der Waals surface area contributed by atoms with Crippen LogP contribution in [0.15, 0.2) is 29.2 Å². The Morgan fingerprint density at radius 1 is 1.19 bits per heavy atom. The van der Waals surface area contributed by atoms with Crippen molar-refractivity contribution in [2.75, 3.05) is 13.2 Å². The second-order valence-corrected chi connectivity index (χ2v) is 8.36. The first-order valence-corrected chi connectivity index (χ1v) is 8.84. The molecule has 120 valence electrons. The zero-order valence-corrected chi connectivity index (χ0v) is 14.2. The van der Waals surface area contributed by atoms with E-state index in [9.17, 15) is 8.42 Å². The van der Waals surface area contributed by atoms with Crippen molar-refractivity contribution in [3.05, 3.63) is 29.8 Å². The van der Waals surface area contributed by atoms with Crippen molar-refractivity contribution < 1.29 is 13.5 Å². The molecule has 0 amide bonds. The van der Waals surface area contributed by atoms with Gasteiger partial charge in [0, 0.05) is 13.2 Å². The van der Waals surface area contributed by atoms with Gasteiger partial charge in [0.05, 0.1) is 4.90 Å². The maximum atomic E-state index is 12.2. The van der Waals surface area contributed by atoms with Crippen LogP contribution in [0.4, 0.5) is 0 Å². The Balaban J connectivity index is 2.70. The lowest BCUT2D eigenvalue weighted by atomic mass is 9.82. The van der Waals surface area contributed by atoms with E-state index in [4.69, 9.17) is 5.11 Å². The standard InChI is InChI=1S/C16H27NO3S/c1-13(16(2,3)4)12-17-21(19,20)15-9-7-14(8-10-15)6-5-11-18/h7-10,13,17-18H,5-6,11-12H2,1-4H3. The Morgan fingerprint density at radius 2 is 1.76 bits per heavy atom. The molecule has 0 aliphatic carbocycles. The summed E-state index contributed by atoms with van der Waals surface area (Å²) in [6, 6.07) is 6.85. The van der Waals surface area contributed by atoms with E-state index in [0.717, 1.165) is 12.0 Å². The van der Waals surface area contributed by atoms with Crippen molar-refractivity contribution >= 4 is 10.0 Å². The molecule has 1 aromatic rings. The molecule has 0 saturated heterocycles. The van der Waals surface area contributed by atoms with Crippen LogP contribution in [0.5, 0.6) is 0 Å². The van der Waals surface area contributed by atoms with Crippen molar-refractivity contribution in [3.8, 4) is 0 Å². The van der Waals surface area contributed by atoms with Crippen LogP contribution in [0.2, 0.25) is 0 Å². The van der Waals surface area contributed by atoms with Gasteiger partial charge in [0.25, 0.3) is 0 Å². The van der Waals surface area contributed by atoms with Gasteiger partial charge in [-0.1, -0.05) is 39.8 Å². The summed E-state index contributed by atoms with van der Waals surface area (Å²) < 4.78 is 27.2. The van der Waals surface area contributed by atoms with Crippen molar-refractivity contribution in [2.45, 2.75) is 45.4 Å². The second kappa shape index (κ2) is 7.38. The van der Waals surface area contributed by atoms with E-state index >= 15 is 0 Å². The van der Waals surface area contributed by atoms with Crippen LogP contribution in [0.1, 0.15) is 39.7 Å². The highest BCUT2D eigenvalue weighted by Gasteiger charge is 2.22. The molecule has 5 heteroatoms. The molecule has 0 fully saturated rings. The minimum atomic E-state index is -3.45. The van der Waals surface area contributed by atoms with E-state index in [-0.39, 0.29) is 22.8 Å². The van der Waals surface area contributed by atoms with E-state index in [1.165, 1.54) is 0 Å². The van der Waals surface area contributed by atoms with Crippen LogP contribution in [0.25, 0.3) is 0 Å². The number of benzene rings is 1. The third-order valence-electron chi connectivity index (χ3n) is 3.92. The van der Waals surface area contributed by atoms with E-state index in [1.807, 2.05) is 6.92 Å². The summed E-state index contributed by atoms with van der Waals surface area (Å²) in [7, 11) is -3.45. The number of aliphatic hydroxyl groups excluding tert-OH is 1. The lowest BCUT2D eigenvalue weighted by Crippen LogP contribution is -2.33. The molecule has 0 spiro atoms. The summed E-state index contributed by atoms with van der Waals surface area (Å²) >= 11 is 0. The van der Waals surface area contributed by atoms with Crippen molar-refractivity contribution in [1.29, 1.82) is 0 Å². The minimum Gasteiger partial charge on any atom is -0.396 e. The van der Waals surface area contributed by atoms with Crippen molar-refractivity contribution in [1.82, 2.24) is 4.72 Å². The first kappa shape index (κ1) is 18.1. The molecule has 21 heavy (non-hydrogen) atoms. The molecule has 1 rings (SSSR count). The summed E-state index contributed by atoms with van der Waals surface area (Å²) in [5.74, 6) is 0.246. The molecule has 0 radical (unpaired) electrons. The zero-order chi connectivity index (χ0) is 16.1. The number of rotatable bonds is 7. The van der Waals surface area contributed by atoms with Gasteiger partial charge < -0.3 is 5.11 Å². The predicted molar refractivity (Wildman–Crippen MR) is 85.7 cm³/mol. The Labute approximate surface area is 128 Å². The third kappa shape index (κ3) is 5.77. The lowest BCUT2D eigenvalue weighted by Gasteiger charge is -2.27. The van der Waals surface area contributed by atoms with Crippen LogP contribution in [0, 0.1) is 11.3 Å². The number of hydrogen-bond acceptors (Lipinski definition) is 3. The molecule has 1 aromatic carbocycles. The Hall–Kier alpha value is -0.910. The number of aliphatic hydroxyl groups is 1. The number of aryl methyl sites for hydroxylation is 1. The molecular formula is C16H27NO3S. The molecule has 0 saturated carbocycles. The number of nitrogens with one attached hydrogen (secondary N) is 1. The van der Waals surface area contributed by atoms with Crippen LogP contribution in [0.3, 0.4) is 0 Å². The molecule has 0 bridgehead atoms. The summed E-state index contributed by atoms with van der Waals surface area (Å²) in [6.45, 7) is 8.91. The Morgan fingerprint density at radius 3 is 2.24 bits per heavy atom. The Kier molecular flexibility index (Phi) is 6.38. The highest BCUT2D eigenvalue weighted by atomic mass is 32.2. The minimum absolute atomic E-state index is 0.0661. The molecular weight excluding hydrogens is 286 g/mol. The van der Waals surface area contributed by atoms with Gasteiger partial charge in [-0.15, -0.1) is 0 Å². The summed E-state index contributed by atoms with van der Waals surface area (Å²) in [5.41, 5.74) is 1.10. The third-order valence-corrected chi connectivity index (χ3v) is 5.35. The van der Waals surface area contributed by atoms with Gasteiger partial charge in [0.2, 0.25) is 10.0 Å². The fourth-order valence-corrected chi connectivity index (χ4v) is 2.87. The lowest BCUT2D eigenvalue weighted by molar-refractivity contribution is 0.263. The summed E-state index contributed by atoms with van der Waals surface area (Å²) in [6.07, 6.45) is 1.44. The molecule has 0 aliphatic rings. The first-order valence-electron chi connectivity index (χ1n) is 7.36. The molecule has 1 atom stereocenters. The normalized spacial score (nSPS) is 14.1. The van der Waals surface area contributed by atoms with Gasteiger partial charge in [-0.2, -0.15) is 0 Å². The van der Waals surface area contributed by atoms with Crippen LogP contribution in [-0.2, 0) is 16.4 Å². The van der Waals surface area contributed by atoms with E-state index in [0.29, 0.717) is 13.0 Å². The van der Waals surface area contributed by atoms with Gasteiger partial charge in [-0.05, 0) is 41.9 Å². The van der Waals surface area contributed by atoms with E-state index in [2.05, 4.69) is 25.5 Å². The van der Waals surface area contributed by atoms with Crippen LogP contribution < -0.4 is 4.72 Å². The van der Waals surface area contributed by atoms with Crippen molar-refractivity contribution in [3.63, 3.8) is 0 Å². The highest BCUT2D eigenvalue weighted by molar-refractivity contribution is 7.89. The zero-order valence-electron chi connectivity index (χ0n) is 13.4. The molecule has 2 N–H and O–H groups in total.